The van der Waals surface area contributed by atoms with Gasteiger partial charge >= 0.3 is 0 Å². The summed E-state index contributed by atoms with van der Waals surface area (Å²) < 4.78 is 12.6. The van der Waals surface area contributed by atoms with Gasteiger partial charge in [-0.2, -0.15) is 0 Å². The van der Waals surface area contributed by atoms with E-state index in [9.17, 15) is 4.79 Å². The number of carbonyl (C=O) groups is 1. The summed E-state index contributed by atoms with van der Waals surface area (Å²) in [5.41, 5.74) is 3.52. The molecule has 1 saturated heterocycles. The van der Waals surface area contributed by atoms with Crippen LogP contribution in [0, 0.1) is 19.8 Å². The molecule has 7 heteroatoms. The van der Waals surface area contributed by atoms with Crippen molar-refractivity contribution in [3.8, 4) is 11.5 Å². The van der Waals surface area contributed by atoms with Crippen LogP contribution in [0.5, 0.6) is 11.5 Å². The normalized spacial score (nSPS) is 22.5. The zero-order valence-electron chi connectivity index (χ0n) is 20.3. The lowest BCUT2D eigenvalue weighted by Crippen LogP contribution is -2.72. The number of para-hydroxylation sites is 2. The molecule has 2 aliphatic heterocycles. The van der Waals surface area contributed by atoms with Gasteiger partial charge in [0.05, 0.1) is 12.6 Å². The smallest absolute Gasteiger partial charge is 0.236 e. The number of thiocarbonyl (C=S) groups is 1. The molecule has 0 radical (unpaired) electrons. The summed E-state index contributed by atoms with van der Waals surface area (Å²) in [6, 6.07) is 21.2. The highest BCUT2D eigenvalue weighted by Crippen LogP contribution is 2.52. The van der Waals surface area contributed by atoms with Gasteiger partial charge in [0.15, 0.2) is 22.3 Å². The van der Waals surface area contributed by atoms with Crippen LogP contribution in [-0.4, -0.2) is 23.4 Å². The number of nitrogens with zero attached hydrogens (tertiary/aromatic N) is 1. The van der Waals surface area contributed by atoms with Gasteiger partial charge < -0.3 is 20.1 Å². The molecule has 35 heavy (non-hydrogen) atoms. The Hall–Kier alpha value is -3.58. The first-order valence-corrected chi connectivity index (χ1v) is 12.2. The van der Waals surface area contributed by atoms with E-state index in [1.54, 1.807) is 0 Å². The van der Waals surface area contributed by atoms with Crippen LogP contribution in [0.2, 0.25) is 0 Å². The van der Waals surface area contributed by atoms with Crippen molar-refractivity contribution in [1.29, 1.82) is 0 Å². The third kappa shape index (κ3) is 3.90. The Balaban J connectivity index is 1.64. The van der Waals surface area contributed by atoms with Gasteiger partial charge in [0.25, 0.3) is 0 Å². The van der Waals surface area contributed by atoms with E-state index in [-0.39, 0.29) is 11.9 Å². The number of hydrogen-bond acceptors (Lipinski definition) is 4. The van der Waals surface area contributed by atoms with Crippen molar-refractivity contribution in [3.63, 3.8) is 0 Å². The van der Waals surface area contributed by atoms with Gasteiger partial charge in [0.1, 0.15) is 5.92 Å². The first-order chi connectivity index (χ1) is 16.8. The summed E-state index contributed by atoms with van der Waals surface area (Å²) in [6.07, 6.45) is 0. The van der Waals surface area contributed by atoms with Crippen molar-refractivity contribution in [1.82, 2.24) is 5.32 Å². The zero-order chi connectivity index (χ0) is 24.7. The molecule has 0 unspecified atom stereocenters. The van der Waals surface area contributed by atoms with Crippen LogP contribution >= 0.6 is 12.2 Å². The average Bonchev–Trinajstić information content (AvgIpc) is 2.82. The van der Waals surface area contributed by atoms with Crippen LogP contribution < -0.4 is 25.0 Å². The Kier molecular flexibility index (Phi) is 5.89. The molecule has 2 bridgehead atoms. The molecule has 3 aromatic rings. The van der Waals surface area contributed by atoms with Crippen molar-refractivity contribution in [2.45, 2.75) is 39.5 Å². The van der Waals surface area contributed by atoms with Gasteiger partial charge in [-0.05, 0) is 69.7 Å². The van der Waals surface area contributed by atoms with Crippen molar-refractivity contribution >= 4 is 34.6 Å². The first-order valence-electron chi connectivity index (χ1n) is 11.8. The van der Waals surface area contributed by atoms with Gasteiger partial charge in [-0.3, -0.25) is 9.69 Å². The van der Waals surface area contributed by atoms with E-state index >= 15 is 0 Å². The van der Waals surface area contributed by atoms with Crippen LogP contribution in [0.15, 0.2) is 66.7 Å². The maximum Gasteiger partial charge on any atom is 0.236 e. The summed E-state index contributed by atoms with van der Waals surface area (Å²) in [5, 5.41) is 7.11. The molecule has 0 aliphatic carbocycles. The zero-order valence-corrected chi connectivity index (χ0v) is 21.1. The molecule has 0 aromatic heterocycles. The third-order valence-corrected chi connectivity index (χ3v) is 7.03. The number of aryl methyl sites for hydroxylation is 2. The lowest BCUT2D eigenvalue weighted by molar-refractivity contribution is -0.130. The second kappa shape index (κ2) is 8.89. The predicted octanol–water partition coefficient (Wildman–Crippen LogP) is 5.50. The standard InChI is InChI=1S/C28H29N3O3S/c1-5-33-22-13-9-12-20-24-23(26(32)29-21-15-14-17(2)16-18(21)3)28(4,34-25(20)22)31(27(35)30-24)19-10-7-6-8-11-19/h6-16,23-24H,5H2,1-4H3,(H,29,32)(H,30,35)/t23-,24+,28+/m0/s1. The van der Waals surface area contributed by atoms with E-state index in [2.05, 4.69) is 16.7 Å². The van der Waals surface area contributed by atoms with Crippen molar-refractivity contribution in [3.05, 3.63) is 83.4 Å². The summed E-state index contributed by atoms with van der Waals surface area (Å²) >= 11 is 5.82. The molecule has 5 rings (SSSR count). The van der Waals surface area contributed by atoms with Crippen molar-refractivity contribution in [2.24, 2.45) is 5.92 Å². The molecule has 2 heterocycles. The first kappa shape index (κ1) is 23.2. The van der Waals surface area contributed by atoms with E-state index in [0.29, 0.717) is 23.2 Å². The molecule has 0 saturated carbocycles. The van der Waals surface area contributed by atoms with E-state index in [0.717, 1.165) is 28.1 Å². The average molecular weight is 488 g/mol. The summed E-state index contributed by atoms with van der Waals surface area (Å²) in [7, 11) is 0. The van der Waals surface area contributed by atoms with Gasteiger partial charge in [-0.15, -0.1) is 0 Å². The van der Waals surface area contributed by atoms with Crippen molar-refractivity contribution < 1.29 is 14.3 Å². The highest BCUT2D eigenvalue weighted by Gasteiger charge is 2.59. The molecule has 2 N–H and O–H groups in total. The minimum absolute atomic E-state index is 0.146. The Labute approximate surface area is 211 Å². The summed E-state index contributed by atoms with van der Waals surface area (Å²) in [5.74, 6) is 0.526. The molecule has 1 amide bonds. The Bertz CT molecular complexity index is 1300. The minimum Gasteiger partial charge on any atom is -0.490 e. The van der Waals surface area contributed by atoms with Gasteiger partial charge in [0.2, 0.25) is 5.91 Å². The SMILES string of the molecule is CCOc1cccc2c1O[C@]1(C)[C@H](C(=O)Nc3ccc(C)cc3C)[C@@H]2NC(=S)N1c1ccccc1. The fourth-order valence-electron chi connectivity index (χ4n) is 5.17. The number of fused-ring (bicyclic) bond motifs is 4. The molecular weight excluding hydrogens is 458 g/mol. The van der Waals surface area contributed by atoms with Crippen LogP contribution in [0.4, 0.5) is 11.4 Å². The topological polar surface area (TPSA) is 62.8 Å². The molecule has 6 nitrogen and oxygen atoms in total. The highest BCUT2D eigenvalue weighted by atomic mass is 32.1. The van der Waals surface area contributed by atoms with E-state index in [1.807, 2.05) is 93.3 Å². The maximum atomic E-state index is 14.0. The van der Waals surface area contributed by atoms with Crippen LogP contribution in [0.3, 0.4) is 0 Å². The second-order valence-electron chi connectivity index (χ2n) is 9.15. The molecule has 1 fully saturated rings. The molecule has 2 aliphatic rings. The van der Waals surface area contributed by atoms with Gasteiger partial charge in [0, 0.05) is 16.9 Å². The fourth-order valence-corrected chi connectivity index (χ4v) is 5.58. The lowest BCUT2D eigenvalue weighted by Gasteiger charge is -2.56. The summed E-state index contributed by atoms with van der Waals surface area (Å²) in [6.45, 7) is 8.41. The summed E-state index contributed by atoms with van der Waals surface area (Å²) in [4.78, 5) is 15.9. The van der Waals surface area contributed by atoms with Crippen molar-refractivity contribution in [2.75, 3.05) is 16.8 Å². The number of hydrogen-bond donors (Lipinski definition) is 2. The molecule has 0 spiro atoms. The Morgan fingerprint density at radius 3 is 2.63 bits per heavy atom. The van der Waals surface area contributed by atoms with E-state index < -0.39 is 11.6 Å². The third-order valence-electron chi connectivity index (χ3n) is 6.73. The second-order valence-corrected chi connectivity index (χ2v) is 9.53. The van der Waals surface area contributed by atoms with Crippen LogP contribution in [0.1, 0.15) is 36.6 Å². The predicted molar refractivity (Wildman–Crippen MR) is 142 cm³/mol. The largest absolute Gasteiger partial charge is 0.490 e. The minimum atomic E-state index is -1.10. The number of amides is 1. The lowest BCUT2D eigenvalue weighted by atomic mass is 9.78. The number of ether oxygens (including phenoxy) is 2. The molecule has 180 valence electrons. The monoisotopic (exact) mass is 487 g/mol. The van der Waals surface area contributed by atoms with Crippen LogP contribution in [0.25, 0.3) is 0 Å². The number of rotatable bonds is 5. The van der Waals surface area contributed by atoms with Gasteiger partial charge in [-0.1, -0.05) is 48.0 Å². The highest BCUT2D eigenvalue weighted by molar-refractivity contribution is 7.80. The maximum absolute atomic E-state index is 14.0. The van der Waals surface area contributed by atoms with E-state index in [4.69, 9.17) is 21.7 Å². The molecular formula is C28H29N3O3S. The Morgan fingerprint density at radius 2 is 1.91 bits per heavy atom. The van der Waals surface area contributed by atoms with Crippen LogP contribution in [-0.2, 0) is 4.79 Å². The number of carbonyl (C=O) groups excluding carboxylic acids is 1. The quantitative estimate of drug-likeness (QED) is 0.464. The molecule has 3 aromatic carbocycles. The number of benzene rings is 3. The number of anilines is 2. The fraction of sp³-hybridized carbons (Fsp3) is 0.286. The van der Waals surface area contributed by atoms with E-state index in [1.165, 1.54) is 0 Å². The Morgan fingerprint density at radius 1 is 1.14 bits per heavy atom. The number of nitrogens with one attached hydrogen (secondary N) is 2. The van der Waals surface area contributed by atoms with Gasteiger partial charge in [-0.25, -0.2) is 0 Å². The molecule has 3 atom stereocenters.